The summed E-state index contributed by atoms with van der Waals surface area (Å²) in [5, 5.41) is 3.02. The van der Waals surface area contributed by atoms with Crippen molar-refractivity contribution in [2.75, 3.05) is 6.54 Å². The first-order valence-electron chi connectivity index (χ1n) is 12.2. The van der Waals surface area contributed by atoms with Crippen LogP contribution in [0.5, 0.6) is 0 Å². The zero-order valence-corrected chi connectivity index (χ0v) is 20.9. The minimum Gasteiger partial charge on any atom is -0.352 e. The Hall–Kier alpha value is -2.14. The van der Waals surface area contributed by atoms with E-state index in [0.29, 0.717) is 12.1 Å². The van der Waals surface area contributed by atoms with Crippen LogP contribution in [0.3, 0.4) is 0 Å². The first-order chi connectivity index (χ1) is 15.7. The molecule has 3 aromatic rings. The number of amides is 1. The second-order valence-electron chi connectivity index (χ2n) is 8.51. The van der Waals surface area contributed by atoms with E-state index in [1.54, 1.807) is 0 Å². The highest BCUT2D eigenvalue weighted by Gasteiger charge is 2.10. The summed E-state index contributed by atoms with van der Waals surface area (Å²) >= 11 is 3.40. The smallest absolute Gasteiger partial charge is 0.251 e. The van der Waals surface area contributed by atoms with E-state index in [2.05, 4.69) is 57.0 Å². The van der Waals surface area contributed by atoms with Gasteiger partial charge in [0.1, 0.15) is 5.82 Å². The topological polar surface area (TPSA) is 46.9 Å². The molecule has 0 saturated heterocycles. The molecule has 172 valence electrons. The Labute approximate surface area is 200 Å². The van der Waals surface area contributed by atoms with Crippen molar-refractivity contribution in [3.05, 3.63) is 64.4 Å². The molecule has 1 aromatic heterocycles. The van der Waals surface area contributed by atoms with Gasteiger partial charge in [0.2, 0.25) is 0 Å². The molecule has 0 aliphatic rings. The minimum absolute atomic E-state index is 0.00164. The predicted octanol–water partition coefficient (Wildman–Crippen LogP) is 7.30. The number of hydrogen-bond donors (Lipinski definition) is 1. The van der Waals surface area contributed by atoms with Gasteiger partial charge in [0.15, 0.2) is 0 Å². The number of nitrogens with zero attached hydrogens (tertiary/aromatic N) is 2. The van der Waals surface area contributed by atoms with Gasteiger partial charge in [0, 0.05) is 29.5 Å². The number of fused-ring (bicyclic) bond motifs is 1. The number of hydrogen-bond acceptors (Lipinski definition) is 2. The van der Waals surface area contributed by atoms with E-state index in [9.17, 15) is 4.79 Å². The van der Waals surface area contributed by atoms with Crippen molar-refractivity contribution in [1.29, 1.82) is 0 Å². The maximum Gasteiger partial charge on any atom is 0.251 e. The highest BCUT2D eigenvalue weighted by atomic mass is 79.9. The highest BCUT2D eigenvalue weighted by molar-refractivity contribution is 9.10. The van der Waals surface area contributed by atoms with E-state index in [0.717, 1.165) is 42.2 Å². The van der Waals surface area contributed by atoms with Gasteiger partial charge in [-0.3, -0.25) is 4.79 Å². The number of imidazole rings is 1. The fourth-order valence-corrected chi connectivity index (χ4v) is 4.37. The summed E-state index contributed by atoms with van der Waals surface area (Å²) in [4.78, 5) is 17.1. The third-order valence-electron chi connectivity index (χ3n) is 5.94. The third-order valence-corrected chi connectivity index (χ3v) is 6.47. The fourth-order valence-electron chi connectivity index (χ4n) is 4.11. The lowest BCUT2D eigenvalue weighted by Gasteiger charge is -2.10. The largest absolute Gasteiger partial charge is 0.352 e. The number of unbranched alkanes of at least 4 members (excludes halogenated alkanes) is 7. The van der Waals surface area contributed by atoms with Crippen LogP contribution in [-0.2, 0) is 13.0 Å². The monoisotopic (exact) mass is 497 g/mol. The van der Waals surface area contributed by atoms with Gasteiger partial charge in [-0.25, -0.2) is 4.98 Å². The fraction of sp³-hybridized carbons (Fsp3) is 0.481. The Bertz CT molecular complexity index is 965. The summed E-state index contributed by atoms with van der Waals surface area (Å²) in [5.74, 6) is 1.21. The van der Waals surface area contributed by atoms with Crippen molar-refractivity contribution in [2.45, 2.75) is 77.7 Å². The van der Waals surface area contributed by atoms with Gasteiger partial charge in [-0.2, -0.15) is 0 Å². The Morgan fingerprint density at radius 3 is 2.44 bits per heavy atom. The molecule has 0 aliphatic carbocycles. The highest BCUT2D eigenvalue weighted by Crippen LogP contribution is 2.19. The molecule has 1 amide bonds. The predicted molar refractivity (Wildman–Crippen MR) is 137 cm³/mol. The van der Waals surface area contributed by atoms with Crippen molar-refractivity contribution in [2.24, 2.45) is 0 Å². The van der Waals surface area contributed by atoms with Crippen molar-refractivity contribution in [1.82, 2.24) is 14.9 Å². The molecule has 0 atom stereocenters. The summed E-state index contributed by atoms with van der Waals surface area (Å²) in [7, 11) is 0. The first-order valence-corrected chi connectivity index (χ1v) is 13.0. The van der Waals surface area contributed by atoms with Crippen molar-refractivity contribution in [3.8, 4) is 0 Å². The summed E-state index contributed by atoms with van der Waals surface area (Å²) in [6, 6.07) is 16.0. The average molecular weight is 499 g/mol. The van der Waals surface area contributed by atoms with Crippen LogP contribution in [0.1, 0.15) is 80.9 Å². The van der Waals surface area contributed by atoms with Crippen LogP contribution in [0.15, 0.2) is 53.0 Å². The third kappa shape index (κ3) is 7.47. The molecule has 1 N–H and O–H groups in total. The molecule has 4 nitrogen and oxygen atoms in total. The van der Waals surface area contributed by atoms with Gasteiger partial charge in [-0.1, -0.05) is 73.5 Å². The lowest BCUT2D eigenvalue weighted by Crippen LogP contribution is -2.24. The molecule has 32 heavy (non-hydrogen) atoms. The van der Waals surface area contributed by atoms with Crippen LogP contribution in [0.25, 0.3) is 11.0 Å². The van der Waals surface area contributed by atoms with Gasteiger partial charge in [-0.05, 0) is 55.7 Å². The van der Waals surface area contributed by atoms with Gasteiger partial charge < -0.3 is 9.88 Å². The number of nitrogens with one attached hydrogen (secondary N) is 1. The van der Waals surface area contributed by atoms with E-state index in [1.807, 2.05) is 24.3 Å². The molecule has 1 heterocycles. The standard InChI is InChI=1S/C27H36BrN3O/c1-2-3-4-5-6-12-21-31-25-14-10-9-13-24(25)30-26(31)15-8-7-11-20-29-27(32)22-16-18-23(28)19-17-22/h9-10,13-14,16-19H,2-8,11-12,15,20-21H2,1H3,(H,29,32). The Balaban J connectivity index is 1.42. The second kappa shape index (κ2) is 13.4. The summed E-state index contributed by atoms with van der Waals surface area (Å²) in [5.41, 5.74) is 3.07. The molecule has 3 rings (SSSR count). The number of carbonyl (C=O) groups excluding carboxylic acids is 1. The van der Waals surface area contributed by atoms with Crippen molar-refractivity contribution >= 4 is 32.9 Å². The number of carbonyl (C=O) groups is 1. The van der Waals surface area contributed by atoms with Gasteiger partial charge in [0.05, 0.1) is 11.0 Å². The number of benzene rings is 2. The molecule has 0 spiro atoms. The van der Waals surface area contributed by atoms with E-state index >= 15 is 0 Å². The van der Waals surface area contributed by atoms with Crippen molar-refractivity contribution in [3.63, 3.8) is 0 Å². The maximum absolute atomic E-state index is 12.2. The minimum atomic E-state index is -0.00164. The van der Waals surface area contributed by atoms with Crippen molar-refractivity contribution < 1.29 is 4.79 Å². The van der Waals surface area contributed by atoms with Crippen LogP contribution < -0.4 is 5.32 Å². The van der Waals surface area contributed by atoms with E-state index in [-0.39, 0.29) is 5.91 Å². The van der Waals surface area contributed by atoms with Crippen LogP contribution in [-0.4, -0.2) is 22.0 Å². The number of aryl methyl sites for hydroxylation is 2. The normalized spacial score (nSPS) is 11.2. The van der Waals surface area contributed by atoms with Crippen LogP contribution >= 0.6 is 15.9 Å². The second-order valence-corrected chi connectivity index (χ2v) is 9.43. The molecule has 0 saturated carbocycles. The Morgan fingerprint density at radius 2 is 1.62 bits per heavy atom. The number of aromatic nitrogens is 2. The molecule has 0 aliphatic heterocycles. The number of halogens is 1. The summed E-state index contributed by atoms with van der Waals surface area (Å²) in [6.07, 6.45) is 12.0. The molecule has 0 radical (unpaired) electrons. The molecule has 0 unspecified atom stereocenters. The number of rotatable bonds is 14. The molecular weight excluding hydrogens is 462 g/mol. The zero-order chi connectivity index (χ0) is 22.6. The van der Waals surface area contributed by atoms with Crippen LogP contribution in [0.2, 0.25) is 0 Å². The number of para-hydroxylation sites is 2. The van der Waals surface area contributed by atoms with Crippen LogP contribution in [0, 0.1) is 0 Å². The van der Waals surface area contributed by atoms with Gasteiger partial charge in [-0.15, -0.1) is 0 Å². The SMILES string of the molecule is CCCCCCCCn1c(CCCCCNC(=O)c2ccc(Br)cc2)nc2ccccc21. The lowest BCUT2D eigenvalue weighted by molar-refractivity contribution is 0.0953. The zero-order valence-electron chi connectivity index (χ0n) is 19.3. The van der Waals surface area contributed by atoms with Gasteiger partial charge >= 0.3 is 0 Å². The first kappa shape index (κ1) is 24.5. The Morgan fingerprint density at radius 1 is 0.906 bits per heavy atom. The molecular formula is C27H36BrN3O. The summed E-state index contributed by atoms with van der Waals surface area (Å²) in [6.45, 7) is 4.04. The maximum atomic E-state index is 12.2. The Kier molecular flexibility index (Phi) is 10.3. The lowest BCUT2D eigenvalue weighted by atomic mass is 10.1. The van der Waals surface area contributed by atoms with E-state index < -0.39 is 0 Å². The van der Waals surface area contributed by atoms with E-state index in [4.69, 9.17) is 4.98 Å². The molecule has 2 aromatic carbocycles. The molecule has 0 bridgehead atoms. The molecule has 5 heteroatoms. The quantitative estimate of drug-likeness (QED) is 0.237. The van der Waals surface area contributed by atoms with Gasteiger partial charge in [0.25, 0.3) is 5.91 Å². The summed E-state index contributed by atoms with van der Waals surface area (Å²) < 4.78 is 3.42. The van der Waals surface area contributed by atoms with Crippen LogP contribution in [0.4, 0.5) is 0 Å². The average Bonchev–Trinajstić information content (AvgIpc) is 3.16. The van der Waals surface area contributed by atoms with E-state index in [1.165, 1.54) is 49.9 Å². The molecule has 0 fully saturated rings.